The lowest BCUT2D eigenvalue weighted by Gasteiger charge is -2.23. The molecule has 0 radical (unpaired) electrons. The Labute approximate surface area is 140 Å². The van der Waals surface area contributed by atoms with E-state index in [1.165, 1.54) is 0 Å². The summed E-state index contributed by atoms with van der Waals surface area (Å²) in [6.07, 6.45) is 4.23. The number of hydrogen-bond donors (Lipinski definition) is 0. The summed E-state index contributed by atoms with van der Waals surface area (Å²) in [7, 11) is 1.74. The van der Waals surface area contributed by atoms with Crippen molar-refractivity contribution in [2.24, 2.45) is 0 Å². The van der Waals surface area contributed by atoms with E-state index in [0.717, 1.165) is 5.56 Å². The van der Waals surface area contributed by atoms with Gasteiger partial charge in [0.05, 0.1) is 11.3 Å². The van der Waals surface area contributed by atoms with E-state index in [0.29, 0.717) is 41.0 Å². The maximum absolute atomic E-state index is 12.9. The molecule has 0 atom stereocenters. The van der Waals surface area contributed by atoms with Crippen LogP contribution in [-0.4, -0.2) is 29.5 Å². The fourth-order valence-corrected chi connectivity index (χ4v) is 2.86. The fraction of sp³-hybridized carbons (Fsp3) is 0.235. The van der Waals surface area contributed by atoms with Gasteiger partial charge in [0, 0.05) is 19.8 Å². The summed E-state index contributed by atoms with van der Waals surface area (Å²) in [5, 5.41) is 0.384. The number of carbonyl (C=O) groups is 1. The van der Waals surface area contributed by atoms with E-state index in [4.69, 9.17) is 11.6 Å². The number of fused-ring (bicyclic) bond motifs is 2. The molecule has 0 saturated heterocycles. The van der Waals surface area contributed by atoms with E-state index in [2.05, 4.69) is 16.5 Å². The first kappa shape index (κ1) is 15.5. The van der Waals surface area contributed by atoms with Crippen LogP contribution in [0.15, 0.2) is 37.1 Å². The third-order valence-electron chi connectivity index (χ3n) is 3.85. The number of aromatic nitrogens is 2. The third-order valence-corrected chi connectivity index (χ3v) is 4.06. The molecule has 0 unspecified atom stereocenters. The Bertz CT molecular complexity index is 790. The number of anilines is 3. The summed E-state index contributed by atoms with van der Waals surface area (Å²) in [6.45, 7) is 6.35. The minimum atomic E-state index is -0.111. The van der Waals surface area contributed by atoms with Crippen molar-refractivity contribution < 1.29 is 4.79 Å². The predicted octanol–water partition coefficient (Wildman–Crippen LogP) is 3.61. The predicted molar refractivity (Wildman–Crippen MR) is 92.8 cm³/mol. The zero-order valence-corrected chi connectivity index (χ0v) is 13.8. The molecule has 2 aromatic rings. The second-order valence-electron chi connectivity index (χ2n) is 5.29. The van der Waals surface area contributed by atoms with Crippen molar-refractivity contribution >= 4 is 34.8 Å². The van der Waals surface area contributed by atoms with Crippen LogP contribution >= 0.6 is 11.6 Å². The molecule has 23 heavy (non-hydrogen) atoms. The molecule has 2 aromatic heterocycles. The van der Waals surface area contributed by atoms with Crippen LogP contribution in [0.25, 0.3) is 0 Å². The second kappa shape index (κ2) is 6.01. The highest BCUT2D eigenvalue weighted by Gasteiger charge is 2.30. The Morgan fingerprint density at radius 3 is 2.83 bits per heavy atom. The summed E-state index contributed by atoms with van der Waals surface area (Å²) < 4.78 is 0. The van der Waals surface area contributed by atoms with E-state index in [1.807, 2.05) is 24.0 Å². The SMILES string of the molecule is C=CCc1cnc2c(c1)C(=O)N(C)c1ccc(Cl)nc1N2CC. The average Bonchev–Trinajstić information content (AvgIpc) is 2.63. The lowest BCUT2D eigenvalue weighted by molar-refractivity contribution is 0.0994. The molecule has 3 heterocycles. The molecule has 0 aliphatic carbocycles. The van der Waals surface area contributed by atoms with Gasteiger partial charge in [-0.3, -0.25) is 4.79 Å². The van der Waals surface area contributed by atoms with Gasteiger partial charge in [0.25, 0.3) is 5.91 Å². The third kappa shape index (κ3) is 2.57. The zero-order valence-electron chi connectivity index (χ0n) is 13.1. The Morgan fingerprint density at radius 2 is 2.13 bits per heavy atom. The first-order chi connectivity index (χ1) is 11.1. The Morgan fingerprint density at radius 1 is 1.35 bits per heavy atom. The van der Waals surface area contributed by atoms with Crippen molar-refractivity contribution in [1.82, 2.24) is 9.97 Å². The highest BCUT2D eigenvalue weighted by atomic mass is 35.5. The first-order valence-corrected chi connectivity index (χ1v) is 7.76. The zero-order chi connectivity index (χ0) is 16.6. The minimum absolute atomic E-state index is 0.111. The Kier molecular flexibility index (Phi) is 4.05. The van der Waals surface area contributed by atoms with Gasteiger partial charge in [-0.1, -0.05) is 17.7 Å². The van der Waals surface area contributed by atoms with Gasteiger partial charge in [0.2, 0.25) is 0 Å². The van der Waals surface area contributed by atoms with Crippen LogP contribution in [0.4, 0.5) is 17.3 Å². The molecule has 1 amide bonds. The summed E-state index contributed by atoms with van der Waals surface area (Å²) in [5.74, 6) is 1.13. The maximum Gasteiger partial charge on any atom is 0.261 e. The van der Waals surface area contributed by atoms with E-state index in [-0.39, 0.29) is 5.91 Å². The van der Waals surface area contributed by atoms with E-state index < -0.39 is 0 Å². The number of carbonyl (C=O) groups excluding carboxylic acids is 1. The Hall–Kier alpha value is -2.40. The summed E-state index contributed by atoms with van der Waals surface area (Å²) >= 11 is 6.06. The highest BCUT2D eigenvalue weighted by Crippen LogP contribution is 2.38. The van der Waals surface area contributed by atoms with Gasteiger partial charge < -0.3 is 9.80 Å². The van der Waals surface area contributed by atoms with Crippen LogP contribution in [0, 0.1) is 0 Å². The van der Waals surface area contributed by atoms with Crippen molar-refractivity contribution in [1.29, 1.82) is 0 Å². The van der Waals surface area contributed by atoms with Crippen molar-refractivity contribution in [2.45, 2.75) is 13.3 Å². The molecule has 0 saturated carbocycles. The quantitative estimate of drug-likeness (QED) is 0.638. The summed E-state index contributed by atoms with van der Waals surface area (Å²) in [6, 6.07) is 5.37. The summed E-state index contributed by atoms with van der Waals surface area (Å²) in [4.78, 5) is 25.3. The molecule has 0 aromatic carbocycles. The van der Waals surface area contributed by atoms with Gasteiger partial charge in [-0.2, -0.15) is 0 Å². The molecule has 1 aliphatic heterocycles. The highest BCUT2D eigenvalue weighted by molar-refractivity contribution is 6.29. The average molecular weight is 329 g/mol. The molecular weight excluding hydrogens is 312 g/mol. The molecule has 0 fully saturated rings. The topological polar surface area (TPSA) is 49.3 Å². The molecule has 118 valence electrons. The molecular formula is C17H17ClN4O. The minimum Gasteiger partial charge on any atom is -0.309 e. The summed E-state index contributed by atoms with van der Waals surface area (Å²) in [5.41, 5.74) is 2.22. The number of hydrogen-bond acceptors (Lipinski definition) is 4. The van der Waals surface area contributed by atoms with Crippen molar-refractivity contribution in [2.75, 3.05) is 23.4 Å². The smallest absolute Gasteiger partial charge is 0.261 e. The molecule has 5 nitrogen and oxygen atoms in total. The largest absolute Gasteiger partial charge is 0.309 e. The molecule has 3 rings (SSSR count). The molecule has 6 heteroatoms. The maximum atomic E-state index is 12.9. The number of allylic oxidation sites excluding steroid dienone is 1. The van der Waals surface area contributed by atoms with E-state index in [1.54, 1.807) is 30.3 Å². The van der Waals surface area contributed by atoms with Crippen molar-refractivity contribution in [3.05, 3.63) is 53.3 Å². The van der Waals surface area contributed by atoms with Gasteiger partial charge in [0.1, 0.15) is 11.0 Å². The molecule has 0 N–H and O–H groups in total. The number of pyridine rings is 2. The Balaban J connectivity index is 2.25. The van der Waals surface area contributed by atoms with Crippen LogP contribution < -0.4 is 9.80 Å². The normalized spacial score (nSPS) is 13.4. The lowest BCUT2D eigenvalue weighted by atomic mass is 10.1. The number of rotatable bonds is 3. The van der Waals surface area contributed by atoms with Crippen molar-refractivity contribution in [3.63, 3.8) is 0 Å². The van der Waals surface area contributed by atoms with Crippen molar-refractivity contribution in [3.8, 4) is 0 Å². The van der Waals surface area contributed by atoms with E-state index in [9.17, 15) is 4.79 Å². The van der Waals surface area contributed by atoms with Crippen LogP contribution in [0.1, 0.15) is 22.8 Å². The van der Waals surface area contributed by atoms with Gasteiger partial charge >= 0.3 is 0 Å². The van der Waals surface area contributed by atoms with E-state index >= 15 is 0 Å². The number of amides is 1. The first-order valence-electron chi connectivity index (χ1n) is 7.38. The standard InChI is InChI=1S/C17H17ClN4O/c1-4-6-11-9-12-15(19-10-11)22(5-2)16-13(21(3)17(12)23)7-8-14(18)20-16/h4,7-10H,1,5-6H2,2-3H3. The number of halogens is 1. The van der Waals surface area contributed by atoms with Crippen LogP contribution in [-0.2, 0) is 6.42 Å². The molecule has 0 spiro atoms. The second-order valence-corrected chi connectivity index (χ2v) is 5.68. The monoisotopic (exact) mass is 328 g/mol. The lowest BCUT2D eigenvalue weighted by Crippen LogP contribution is -2.25. The van der Waals surface area contributed by atoms with Gasteiger partial charge in [-0.15, -0.1) is 6.58 Å². The van der Waals surface area contributed by atoms with Crippen LogP contribution in [0.5, 0.6) is 0 Å². The van der Waals surface area contributed by atoms with Gasteiger partial charge in [-0.25, -0.2) is 9.97 Å². The van der Waals surface area contributed by atoms with Gasteiger partial charge in [-0.05, 0) is 37.1 Å². The fourth-order valence-electron chi connectivity index (χ4n) is 2.72. The van der Waals surface area contributed by atoms with Crippen LogP contribution in [0.3, 0.4) is 0 Å². The van der Waals surface area contributed by atoms with Gasteiger partial charge in [0.15, 0.2) is 5.82 Å². The van der Waals surface area contributed by atoms with Crippen LogP contribution in [0.2, 0.25) is 5.15 Å². The molecule has 1 aliphatic rings. The molecule has 0 bridgehead atoms. The number of nitrogens with zero attached hydrogens (tertiary/aromatic N) is 4.